The van der Waals surface area contributed by atoms with Crippen LogP contribution in [0.2, 0.25) is 0 Å². The predicted octanol–water partition coefficient (Wildman–Crippen LogP) is 2.23. The molecule has 0 aromatic heterocycles. The van der Waals surface area contributed by atoms with Crippen LogP contribution in [0.25, 0.3) is 0 Å². The van der Waals surface area contributed by atoms with E-state index in [0.29, 0.717) is 19.8 Å². The molecule has 0 bridgehead atoms. The second-order valence-electron chi connectivity index (χ2n) is 6.85. The number of likely N-dealkylation sites (N-methyl/N-ethyl adjacent to an activating group) is 1. The number of benzene rings is 1. The highest BCUT2D eigenvalue weighted by atomic mass is 16.7. The third-order valence-corrected chi connectivity index (χ3v) is 5.56. The van der Waals surface area contributed by atoms with Gasteiger partial charge in [0.25, 0.3) is 0 Å². The third-order valence-electron chi connectivity index (χ3n) is 5.56. The van der Waals surface area contributed by atoms with Crippen LogP contribution in [0.4, 0.5) is 4.79 Å². The van der Waals surface area contributed by atoms with Crippen LogP contribution in [0.5, 0.6) is 5.75 Å². The lowest BCUT2D eigenvalue weighted by molar-refractivity contribution is -0.189. The smallest absolute Gasteiger partial charge is 0.320 e. The molecule has 1 aromatic rings. The molecule has 1 spiro atoms. The molecule has 2 heterocycles. The van der Waals surface area contributed by atoms with E-state index in [9.17, 15) is 4.79 Å². The number of nitrogens with zero attached hydrogens (tertiary/aromatic N) is 2. The molecule has 2 atom stereocenters. The van der Waals surface area contributed by atoms with Gasteiger partial charge in [0.1, 0.15) is 5.75 Å². The van der Waals surface area contributed by atoms with Gasteiger partial charge in [0.05, 0.1) is 32.4 Å². The molecule has 3 fully saturated rings. The first kappa shape index (κ1) is 15.7. The Morgan fingerprint density at radius 1 is 1.21 bits per heavy atom. The van der Waals surface area contributed by atoms with Crippen LogP contribution in [-0.2, 0) is 16.0 Å². The average molecular weight is 332 g/mol. The fourth-order valence-corrected chi connectivity index (χ4v) is 4.23. The van der Waals surface area contributed by atoms with E-state index in [4.69, 9.17) is 14.2 Å². The topological polar surface area (TPSA) is 51.2 Å². The Kier molecular flexibility index (Phi) is 3.89. The normalized spacial score (nSPS) is 28.5. The van der Waals surface area contributed by atoms with E-state index in [1.54, 1.807) is 7.11 Å². The number of amides is 2. The van der Waals surface area contributed by atoms with E-state index in [2.05, 4.69) is 0 Å². The van der Waals surface area contributed by atoms with Gasteiger partial charge in [-0.2, -0.15) is 0 Å². The molecule has 6 heteroatoms. The number of carbonyl (C=O) groups excluding carboxylic acids is 1. The van der Waals surface area contributed by atoms with Crippen LogP contribution in [-0.4, -0.2) is 61.1 Å². The maximum atomic E-state index is 12.7. The Morgan fingerprint density at radius 3 is 2.58 bits per heavy atom. The van der Waals surface area contributed by atoms with Crippen molar-refractivity contribution >= 4 is 6.03 Å². The van der Waals surface area contributed by atoms with Gasteiger partial charge in [-0.15, -0.1) is 0 Å². The summed E-state index contributed by atoms with van der Waals surface area (Å²) in [6, 6.07) is 8.39. The summed E-state index contributed by atoms with van der Waals surface area (Å²) >= 11 is 0. The summed E-state index contributed by atoms with van der Waals surface area (Å²) in [6.07, 6.45) is 2.53. The van der Waals surface area contributed by atoms with Crippen LogP contribution in [0, 0.1) is 0 Å². The van der Waals surface area contributed by atoms with Crippen LogP contribution in [0.3, 0.4) is 0 Å². The van der Waals surface area contributed by atoms with E-state index >= 15 is 0 Å². The van der Waals surface area contributed by atoms with Gasteiger partial charge < -0.3 is 24.0 Å². The monoisotopic (exact) mass is 332 g/mol. The minimum Gasteiger partial charge on any atom is -0.497 e. The molecule has 130 valence electrons. The lowest BCUT2D eigenvalue weighted by atomic mass is 9.85. The number of fused-ring (bicyclic) bond motifs is 1. The molecule has 1 saturated carbocycles. The number of hydrogen-bond donors (Lipinski definition) is 0. The van der Waals surface area contributed by atoms with Crippen molar-refractivity contribution in [2.24, 2.45) is 0 Å². The molecule has 0 radical (unpaired) electrons. The summed E-state index contributed by atoms with van der Waals surface area (Å²) in [5, 5.41) is 0. The molecule has 0 N–H and O–H groups in total. The van der Waals surface area contributed by atoms with Crippen LogP contribution >= 0.6 is 0 Å². The van der Waals surface area contributed by atoms with Gasteiger partial charge >= 0.3 is 6.03 Å². The molecular weight excluding hydrogens is 308 g/mol. The highest BCUT2D eigenvalue weighted by Gasteiger charge is 2.53. The van der Waals surface area contributed by atoms with Crippen LogP contribution in [0.15, 0.2) is 24.3 Å². The molecule has 1 aromatic carbocycles. The van der Waals surface area contributed by atoms with E-state index < -0.39 is 5.79 Å². The van der Waals surface area contributed by atoms with Crippen molar-refractivity contribution in [3.05, 3.63) is 29.8 Å². The van der Waals surface area contributed by atoms with Gasteiger partial charge in [-0.25, -0.2) is 4.79 Å². The Balaban J connectivity index is 1.51. The molecule has 2 amide bonds. The first-order chi connectivity index (χ1) is 11.6. The molecule has 24 heavy (non-hydrogen) atoms. The third kappa shape index (κ3) is 2.54. The molecule has 4 rings (SSSR count). The van der Waals surface area contributed by atoms with Crippen molar-refractivity contribution in [3.63, 3.8) is 0 Å². The van der Waals surface area contributed by atoms with Crippen molar-refractivity contribution in [1.82, 2.24) is 9.80 Å². The lowest BCUT2D eigenvalue weighted by Gasteiger charge is -2.40. The Bertz CT molecular complexity index is 612. The molecule has 3 aliphatic rings. The Labute approximate surface area is 142 Å². The number of ether oxygens (including phenoxy) is 3. The van der Waals surface area contributed by atoms with Gasteiger partial charge in [0.2, 0.25) is 0 Å². The standard InChI is InChI=1S/C18H24N2O4/c1-19-16-11-18(23-9-10-24-18)8-7-15(16)20(17(19)21)12-13-3-5-14(22-2)6-4-13/h3-6,15-16H,7-12H2,1-2H3/t15-,16-/m1/s1. The fraction of sp³-hybridized carbons (Fsp3) is 0.611. The minimum absolute atomic E-state index is 0.0934. The number of methoxy groups -OCH3 is 1. The summed E-state index contributed by atoms with van der Waals surface area (Å²) in [6.45, 7) is 1.94. The average Bonchev–Trinajstić information content (AvgIpc) is 3.15. The molecular formula is C18H24N2O4. The first-order valence-corrected chi connectivity index (χ1v) is 8.56. The predicted molar refractivity (Wildman–Crippen MR) is 87.8 cm³/mol. The second kappa shape index (κ2) is 5.93. The molecule has 6 nitrogen and oxygen atoms in total. The summed E-state index contributed by atoms with van der Waals surface area (Å²) < 4.78 is 16.9. The summed E-state index contributed by atoms with van der Waals surface area (Å²) in [4.78, 5) is 16.6. The number of carbonyl (C=O) groups is 1. The number of urea groups is 1. The van der Waals surface area contributed by atoms with E-state index in [0.717, 1.165) is 30.6 Å². The highest BCUT2D eigenvalue weighted by Crippen LogP contribution is 2.42. The highest BCUT2D eigenvalue weighted by molar-refractivity contribution is 5.77. The lowest BCUT2D eigenvalue weighted by Crippen LogP contribution is -2.49. The molecule has 2 aliphatic heterocycles. The number of rotatable bonds is 3. The zero-order valence-electron chi connectivity index (χ0n) is 14.2. The van der Waals surface area contributed by atoms with Gasteiger partial charge in [-0.05, 0) is 24.1 Å². The van der Waals surface area contributed by atoms with Crippen molar-refractivity contribution in [2.45, 2.75) is 43.7 Å². The van der Waals surface area contributed by atoms with Crippen molar-refractivity contribution in [2.75, 3.05) is 27.4 Å². The van der Waals surface area contributed by atoms with Gasteiger partial charge in [0, 0.05) is 26.4 Å². The Hall–Kier alpha value is -1.79. The van der Waals surface area contributed by atoms with Crippen LogP contribution in [0.1, 0.15) is 24.8 Å². The van der Waals surface area contributed by atoms with Crippen molar-refractivity contribution in [1.29, 1.82) is 0 Å². The first-order valence-electron chi connectivity index (χ1n) is 8.56. The minimum atomic E-state index is -0.466. The Morgan fingerprint density at radius 2 is 1.92 bits per heavy atom. The largest absolute Gasteiger partial charge is 0.497 e. The van der Waals surface area contributed by atoms with E-state index in [-0.39, 0.29) is 18.1 Å². The molecule has 2 saturated heterocycles. The van der Waals surface area contributed by atoms with Crippen LogP contribution < -0.4 is 4.74 Å². The second-order valence-corrected chi connectivity index (χ2v) is 6.85. The maximum absolute atomic E-state index is 12.7. The van der Waals surface area contributed by atoms with Gasteiger partial charge in [0.15, 0.2) is 5.79 Å². The van der Waals surface area contributed by atoms with E-state index in [1.807, 2.05) is 41.1 Å². The summed E-state index contributed by atoms with van der Waals surface area (Å²) in [5.41, 5.74) is 1.12. The van der Waals surface area contributed by atoms with E-state index in [1.165, 1.54) is 0 Å². The molecule has 0 unspecified atom stereocenters. The van der Waals surface area contributed by atoms with Crippen molar-refractivity contribution < 1.29 is 19.0 Å². The number of hydrogen-bond acceptors (Lipinski definition) is 4. The van der Waals surface area contributed by atoms with Gasteiger partial charge in [-0.3, -0.25) is 0 Å². The fourth-order valence-electron chi connectivity index (χ4n) is 4.23. The maximum Gasteiger partial charge on any atom is 0.320 e. The summed E-state index contributed by atoms with van der Waals surface area (Å²) in [7, 11) is 3.55. The quantitative estimate of drug-likeness (QED) is 0.852. The molecule has 1 aliphatic carbocycles. The summed E-state index contributed by atoms with van der Waals surface area (Å²) in [5.74, 6) is 0.364. The zero-order valence-corrected chi connectivity index (χ0v) is 14.2. The van der Waals surface area contributed by atoms with Gasteiger partial charge in [-0.1, -0.05) is 12.1 Å². The van der Waals surface area contributed by atoms with Crippen molar-refractivity contribution in [3.8, 4) is 5.75 Å². The zero-order chi connectivity index (χ0) is 16.7. The SMILES string of the molecule is COc1ccc(CN2C(=O)N(C)[C@@H]3CC4(CC[C@H]32)OCCO4)cc1.